The molecule has 0 aliphatic carbocycles. The molecule has 1 spiro atoms. The van der Waals surface area contributed by atoms with E-state index in [0.29, 0.717) is 33.0 Å². The van der Waals surface area contributed by atoms with Gasteiger partial charge in [-0.3, -0.25) is 10.1 Å². The molecule has 2 saturated heterocycles. The van der Waals surface area contributed by atoms with Crippen molar-refractivity contribution < 1.29 is 14.3 Å². The van der Waals surface area contributed by atoms with Gasteiger partial charge in [0, 0.05) is 13.1 Å². The molecule has 0 unspecified atom stereocenters. The third-order valence-corrected chi connectivity index (χ3v) is 2.38. The van der Waals surface area contributed by atoms with E-state index in [9.17, 15) is 4.79 Å². The quantitative estimate of drug-likeness (QED) is 0.483. The van der Waals surface area contributed by atoms with Crippen LogP contribution in [0.5, 0.6) is 0 Å². The Morgan fingerprint density at radius 1 is 1.15 bits per heavy atom. The molecule has 2 fully saturated rings. The monoisotopic (exact) mass is 186 g/mol. The molecule has 1 amide bonds. The van der Waals surface area contributed by atoms with E-state index in [0.717, 1.165) is 6.54 Å². The summed E-state index contributed by atoms with van der Waals surface area (Å²) in [5, 5.41) is 5.97. The molecule has 0 saturated carbocycles. The minimum Gasteiger partial charge on any atom is -0.376 e. The lowest BCUT2D eigenvalue weighted by atomic mass is 9.99. The number of hydrogen-bond acceptors (Lipinski definition) is 4. The van der Waals surface area contributed by atoms with Crippen molar-refractivity contribution in [3.05, 3.63) is 0 Å². The van der Waals surface area contributed by atoms with Gasteiger partial charge < -0.3 is 14.8 Å². The van der Waals surface area contributed by atoms with Crippen molar-refractivity contribution in [2.75, 3.05) is 39.5 Å². The third kappa shape index (κ3) is 1.67. The van der Waals surface area contributed by atoms with Crippen LogP contribution in [0.25, 0.3) is 0 Å². The molecule has 2 heterocycles. The largest absolute Gasteiger partial charge is 0.376 e. The summed E-state index contributed by atoms with van der Waals surface area (Å²) in [7, 11) is 0. The number of piperazine rings is 1. The highest BCUT2D eigenvalue weighted by molar-refractivity contribution is 5.87. The highest BCUT2D eigenvalue weighted by atomic mass is 16.5. The van der Waals surface area contributed by atoms with Crippen molar-refractivity contribution in [3.63, 3.8) is 0 Å². The smallest absolute Gasteiger partial charge is 0.245 e. The first kappa shape index (κ1) is 8.93. The fraction of sp³-hybridized carbons (Fsp3) is 0.875. The molecule has 0 aromatic heterocycles. The standard InChI is InChI=1S/C8H14N2O3/c11-7-8(10-2-1-9-7)5-12-3-4-13-6-8/h10H,1-6H2,(H,9,11). The van der Waals surface area contributed by atoms with E-state index in [1.807, 2.05) is 0 Å². The summed E-state index contributed by atoms with van der Waals surface area (Å²) in [4.78, 5) is 11.6. The van der Waals surface area contributed by atoms with Crippen LogP contribution < -0.4 is 10.6 Å². The van der Waals surface area contributed by atoms with E-state index < -0.39 is 5.54 Å². The maximum Gasteiger partial charge on any atom is 0.245 e. The lowest BCUT2D eigenvalue weighted by molar-refractivity contribution is -0.133. The summed E-state index contributed by atoms with van der Waals surface area (Å²) >= 11 is 0. The van der Waals surface area contributed by atoms with Crippen LogP contribution in [0.3, 0.4) is 0 Å². The lowest BCUT2D eigenvalue weighted by Gasteiger charge is -2.34. The van der Waals surface area contributed by atoms with Gasteiger partial charge in [0.2, 0.25) is 5.91 Å². The van der Waals surface area contributed by atoms with Crippen LogP contribution in [-0.4, -0.2) is 51.0 Å². The molecule has 0 radical (unpaired) electrons. The summed E-state index contributed by atoms with van der Waals surface area (Å²) in [5.41, 5.74) is -0.644. The second-order valence-corrected chi connectivity index (χ2v) is 3.37. The van der Waals surface area contributed by atoms with E-state index in [-0.39, 0.29) is 5.91 Å². The van der Waals surface area contributed by atoms with Gasteiger partial charge in [0.1, 0.15) is 5.54 Å². The normalized spacial score (nSPS) is 28.2. The lowest BCUT2D eigenvalue weighted by Crippen LogP contribution is -2.67. The average molecular weight is 186 g/mol. The maximum absolute atomic E-state index is 11.6. The SMILES string of the molecule is O=C1NCCNC12COCCOC2. The highest BCUT2D eigenvalue weighted by Crippen LogP contribution is 2.12. The fourth-order valence-corrected chi connectivity index (χ4v) is 1.61. The molecule has 5 nitrogen and oxygen atoms in total. The second-order valence-electron chi connectivity index (χ2n) is 3.37. The van der Waals surface area contributed by atoms with Gasteiger partial charge in [-0.1, -0.05) is 0 Å². The third-order valence-electron chi connectivity index (χ3n) is 2.38. The molecule has 0 aromatic rings. The summed E-state index contributed by atoms with van der Waals surface area (Å²) in [6.07, 6.45) is 0. The molecule has 0 aromatic carbocycles. The number of ether oxygens (including phenoxy) is 2. The van der Waals surface area contributed by atoms with E-state index in [2.05, 4.69) is 10.6 Å². The number of hydrogen-bond donors (Lipinski definition) is 2. The van der Waals surface area contributed by atoms with Crippen LogP contribution in [0.2, 0.25) is 0 Å². The Balaban J connectivity index is 2.09. The number of nitrogens with one attached hydrogen (secondary N) is 2. The van der Waals surface area contributed by atoms with Crippen molar-refractivity contribution in [2.45, 2.75) is 5.54 Å². The van der Waals surface area contributed by atoms with E-state index >= 15 is 0 Å². The van der Waals surface area contributed by atoms with Crippen LogP contribution in [0.1, 0.15) is 0 Å². The first-order valence-corrected chi connectivity index (χ1v) is 4.52. The molecule has 13 heavy (non-hydrogen) atoms. The van der Waals surface area contributed by atoms with Crippen LogP contribution >= 0.6 is 0 Å². The zero-order valence-corrected chi connectivity index (χ0v) is 7.47. The minimum atomic E-state index is -0.644. The van der Waals surface area contributed by atoms with Gasteiger partial charge in [-0.15, -0.1) is 0 Å². The van der Waals surface area contributed by atoms with Gasteiger partial charge in [-0.25, -0.2) is 0 Å². The topological polar surface area (TPSA) is 59.6 Å². The number of amides is 1. The number of rotatable bonds is 0. The zero-order valence-electron chi connectivity index (χ0n) is 7.47. The van der Waals surface area contributed by atoms with Crippen molar-refractivity contribution in [2.24, 2.45) is 0 Å². The van der Waals surface area contributed by atoms with E-state index in [1.54, 1.807) is 0 Å². The molecule has 5 heteroatoms. The van der Waals surface area contributed by atoms with Crippen molar-refractivity contribution in [3.8, 4) is 0 Å². The molecule has 0 bridgehead atoms. The van der Waals surface area contributed by atoms with Crippen LogP contribution in [-0.2, 0) is 14.3 Å². The predicted octanol–water partition coefficient (Wildman–Crippen LogP) is -1.51. The Bertz CT molecular complexity index is 200. The van der Waals surface area contributed by atoms with Gasteiger partial charge in [-0.05, 0) is 0 Å². The van der Waals surface area contributed by atoms with Gasteiger partial charge >= 0.3 is 0 Å². The first-order chi connectivity index (χ1) is 6.33. The summed E-state index contributed by atoms with van der Waals surface area (Å²) in [6, 6.07) is 0. The molecule has 74 valence electrons. The highest BCUT2D eigenvalue weighted by Gasteiger charge is 2.41. The number of carbonyl (C=O) groups is 1. The Hall–Kier alpha value is -0.650. The van der Waals surface area contributed by atoms with Crippen LogP contribution in [0, 0.1) is 0 Å². The van der Waals surface area contributed by atoms with Crippen LogP contribution in [0.15, 0.2) is 0 Å². The summed E-state index contributed by atoms with van der Waals surface area (Å²) in [5.74, 6) is -0.0133. The van der Waals surface area contributed by atoms with Crippen LogP contribution in [0.4, 0.5) is 0 Å². The second kappa shape index (κ2) is 3.61. The van der Waals surface area contributed by atoms with E-state index in [1.165, 1.54) is 0 Å². The molecular formula is C8H14N2O3. The Morgan fingerprint density at radius 3 is 2.46 bits per heavy atom. The van der Waals surface area contributed by atoms with Gasteiger partial charge in [0.25, 0.3) is 0 Å². The molecule has 2 N–H and O–H groups in total. The molecular weight excluding hydrogens is 172 g/mol. The van der Waals surface area contributed by atoms with Gasteiger partial charge in [0.15, 0.2) is 0 Å². The Morgan fingerprint density at radius 2 is 1.85 bits per heavy atom. The molecule has 0 atom stereocenters. The molecule has 2 rings (SSSR count). The van der Waals surface area contributed by atoms with Crippen molar-refractivity contribution in [1.29, 1.82) is 0 Å². The molecule has 2 aliphatic rings. The Labute approximate surface area is 76.8 Å². The predicted molar refractivity (Wildman–Crippen MR) is 45.4 cm³/mol. The maximum atomic E-state index is 11.6. The zero-order chi connectivity index (χ0) is 9.15. The molecule has 2 aliphatic heterocycles. The first-order valence-electron chi connectivity index (χ1n) is 4.52. The van der Waals surface area contributed by atoms with Gasteiger partial charge in [-0.2, -0.15) is 0 Å². The minimum absolute atomic E-state index is 0.0133. The number of carbonyl (C=O) groups excluding carboxylic acids is 1. The summed E-state index contributed by atoms with van der Waals surface area (Å²) in [6.45, 7) is 3.39. The average Bonchev–Trinajstić information content (AvgIpc) is 2.37. The van der Waals surface area contributed by atoms with Crippen molar-refractivity contribution >= 4 is 5.91 Å². The fourth-order valence-electron chi connectivity index (χ4n) is 1.61. The van der Waals surface area contributed by atoms with Gasteiger partial charge in [0.05, 0.1) is 26.4 Å². The van der Waals surface area contributed by atoms with E-state index in [4.69, 9.17) is 9.47 Å². The Kier molecular flexibility index (Phi) is 2.48. The van der Waals surface area contributed by atoms with Crippen molar-refractivity contribution in [1.82, 2.24) is 10.6 Å². The summed E-state index contributed by atoms with van der Waals surface area (Å²) < 4.78 is 10.6.